The number of carboxylic acids is 1. The average Bonchev–Trinajstić information content (AvgIpc) is 2.74. The monoisotopic (exact) mass is 618 g/mol. The molecule has 0 saturated carbocycles. The van der Waals surface area contributed by atoms with Crippen LogP contribution >= 0.6 is 0 Å². The van der Waals surface area contributed by atoms with E-state index in [-0.39, 0.29) is 6.54 Å². The number of nitrogens with one attached hydrogen (secondary N) is 1. The topological polar surface area (TPSA) is 296 Å². The van der Waals surface area contributed by atoms with E-state index in [0.717, 1.165) is 12.0 Å². The molecule has 0 radical (unpaired) electrons. The highest BCUT2D eigenvalue weighted by Gasteiger charge is 2.53. The van der Waals surface area contributed by atoms with Crippen molar-refractivity contribution >= 4 is 49.0 Å². The summed E-state index contributed by atoms with van der Waals surface area (Å²) in [4.78, 5) is 36.1. The minimum Gasteiger partial charge on any atom is -0.481 e. The molecule has 0 aliphatic carbocycles. The number of amides is 2. The first-order valence-electron chi connectivity index (χ1n) is 10.2. The van der Waals surface area contributed by atoms with Gasteiger partial charge in [0.05, 0.1) is 13.0 Å². The predicted molar refractivity (Wildman–Crippen MR) is 117 cm³/mol. The Balaban J connectivity index is 3.22. The van der Waals surface area contributed by atoms with Gasteiger partial charge in [-0.3, -0.25) is 28.0 Å². The first-order valence-corrected chi connectivity index (χ1v) is 14.3. The summed E-state index contributed by atoms with van der Waals surface area (Å²) in [6.07, 6.45) is -12.0. The van der Waals surface area contributed by atoms with Crippen LogP contribution in [0.5, 0.6) is 0 Å². The maximum atomic E-state index is 12.4. The van der Waals surface area contributed by atoms with Gasteiger partial charge in [-0.1, -0.05) is 0 Å². The Morgan fingerprint density at radius 1 is 0.868 bits per heavy atom. The molecule has 2 amide bonds. The van der Waals surface area contributed by atoms with E-state index in [1.54, 1.807) is 0 Å². The zero-order valence-electron chi connectivity index (χ0n) is 19.6. The van der Waals surface area contributed by atoms with Crippen molar-refractivity contribution in [3.05, 3.63) is 0 Å². The van der Waals surface area contributed by atoms with Crippen molar-refractivity contribution in [2.24, 2.45) is 0 Å². The largest absolute Gasteiger partial charge is 0.481 e. The van der Waals surface area contributed by atoms with Crippen LogP contribution in [0.1, 0.15) is 19.8 Å². The van der Waals surface area contributed by atoms with Crippen molar-refractivity contribution in [1.82, 2.24) is 10.2 Å². The molecule has 0 unspecified atom stereocenters. The van der Waals surface area contributed by atoms with Gasteiger partial charge in [-0.25, -0.2) is 12.5 Å². The molecular weight excluding hydrogens is 592 g/mol. The van der Waals surface area contributed by atoms with Gasteiger partial charge < -0.3 is 24.8 Å². The van der Waals surface area contributed by atoms with E-state index in [0.29, 0.717) is 0 Å². The number of rotatable bonds is 15. The summed E-state index contributed by atoms with van der Waals surface area (Å²) in [5.74, 6) is -2.84. The summed E-state index contributed by atoms with van der Waals surface area (Å²) in [6, 6.07) is 0. The second-order valence-electron chi connectivity index (χ2n) is 7.35. The quantitative estimate of drug-likeness (QED) is 0.113. The molecule has 0 aromatic heterocycles. The van der Waals surface area contributed by atoms with Gasteiger partial charge in [0.1, 0.15) is 18.3 Å². The van der Waals surface area contributed by atoms with Gasteiger partial charge in [-0.05, 0) is 6.92 Å². The number of likely N-dealkylation sites (N-methyl/N-ethyl adjacent to an activating group) is 1. The summed E-state index contributed by atoms with van der Waals surface area (Å²) in [6.45, 7) is 0.0786. The van der Waals surface area contributed by atoms with Crippen LogP contribution in [-0.2, 0) is 67.6 Å². The molecule has 1 heterocycles. The number of methoxy groups -OCH3 is 1. The summed E-state index contributed by atoms with van der Waals surface area (Å²) >= 11 is 0. The van der Waals surface area contributed by atoms with Crippen LogP contribution in [0, 0.1) is 0 Å². The van der Waals surface area contributed by atoms with Crippen LogP contribution in [0.25, 0.3) is 0 Å². The fourth-order valence-corrected chi connectivity index (χ4v) is 4.67. The Morgan fingerprint density at radius 2 is 1.37 bits per heavy atom. The molecule has 1 aliphatic rings. The van der Waals surface area contributed by atoms with E-state index in [1.807, 2.05) is 0 Å². The molecule has 5 atom stereocenters. The summed E-state index contributed by atoms with van der Waals surface area (Å²) in [5, 5.41) is 10.9. The molecule has 1 saturated heterocycles. The molecule has 0 spiro atoms. The van der Waals surface area contributed by atoms with E-state index < -0.39 is 106 Å². The number of ether oxygens (including phenoxy) is 2. The normalized spacial score (nSPS) is 24.5. The zero-order chi connectivity index (χ0) is 29.5. The second kappa shape index (κ2) is 13.8. The standard InChI is InChI=1S/C15H26N2O18S3/c1-3-17(10(19)4-5-11(20)21)7-9(18)16-6-8-12(33-36(22,23)24)13(34-37(25,26)27)14(15(31-2)32-8)35-38(28,29)30/h8,12-15H,3-7H2,1-2H3,(H,16,18)(H,20,21)(H,22,23,24)(H,25,26,27)(H,28,29,30)/t8-,12-,13+,14+,15+/m1/s1. The van der Waals surface area contributed by atoms with Crippen molar-refractivity contribution < 1.29 is 80.4 Å². The third-order valence-electron chi connectivity index (χ3n) is 4.64. The van der Waals surface area contributed by atoms with Crippen molar-refractivity contribution in [1.29, 1.82) is 0 Å². The SMILES string of the molecule is CCN(CC(=O)NC[C@H]1O[C@H](OC)[C@@H](OS(=O)(=O)O)[C@@H](OS(=O)(=O)O)[C@@H]1OS(=O)(=O)O)C(=O)CCC(=O)O. The Bertz CT molecular complexity index is 1170. The molecule has 0 aromatic carbocycles. The third-order valence-corrected chi connectivity index (χ3v) is 6.04. The summed E-state index contributed by atoms with van der Waals surface area (Å²) in [7, 11) is -15.6. The van der Waals surface area contributed by atoms with Crippen LogP contribution in [0.2, 0.25) is 0 Å². The highest BCUT2D eigenvalue weighted by molar-refractivity contribution is 7.81. The van der Waals surface area contributed by atoms with E-state index in [9.17, 15) is 39.6 Å². The molecule has 1 aliphatic heterocycles. The Morgan fingerprint density at radius 3 is 1.82 bits per heavy atom. The predicted octanol–water partition coefficient (Wildman–Crippen LogP) is -3.25. The maximum Gasteiger partial charge on any atom is 0.397 e. The molecular formula is C15H26N2O18S3. The number of carboxylic acid groups (broad SMARTS) is 1. The molecule has 1 fully saturated rings. The van der Waals surface area contributed by atoms with Gasteiger partial charge in [-0.15, -0.1) is 0 Å². The Kier molecular flexibility index (Phi) is 12.4. The highest BCUT2D eigenvalue weighted by Crippen LogP contribution is 2.31. The molecule has 20 nitrogen and oxygen atoms in total. The number of carbonyl (C=O) groups is 3. The van der Waals surface area contributed by atoms with Gasteiger partial charge in [-0.2, -0.15) is 25.3 Å². The molecule has 0 bridgehead atoms. The fraction of sp³-hybridized carbons (Fsp3) is 0.800. The van der Waals surface area contributed by atoms with Crippen molar-refractivity contribution in [2.75, 3.05) is 26.7 Å². The lowest BCUT2D eigenvalue weighted by Gasteiger charge is -2.43. The molecule has 38 heavy (non-hydrogen) atoms. The van der Waals surface area contributed by atoms with Gasteiger partial charge in [0, 0.05) is 26.6 Å². The smallest absolute Gasteiger partial charge is 0.397 e. The lowest BCUT2D eigenvalue weighted by Crippen LogP contribution is -2.63. The summed E-state index contributed by atoms with van der Waals surface area (Å²) < 4.78 is 118. The first kappa shape index (κ1) is 34.0. The van der Waals surface area contributed by atoms with E-state index in [2.05, 4.69) is 17.9 Å². The maximum absolute atomic E-state index is 12.4. The van der Waals surface area contributed by atoms with Crippen molar-refractivity contribution in [2.45, 2.75) is 50.5 Å². The molecule has 222 valence electrons. The summed E-state index contributed by atoms with van der Waals surface area (Å²) in [5.41, 5.74) is 0. The first-order chi connectivity index (χ1) is 17.3. The van der Waals surface area contributed by atoms with Gasteiger partial charge in [0.25, 0.3) is 0 Å². The number of carbonyl (C=O) groups excluding carboxylic acids is 2. The van der Waals surface area contributed by atoms with Crippen LogP contribution in [-0.4, -0.2) is 124 Å². The van der Waals surface area contributed by atoms with Gasteiger partial charge >= 0.3 is 37.2 Å². The van der Waals surface area contributed by atoms with E-state index in [4.69, 9.17) is 28.2 Å². The second-order valence-corrected chi connectivity index (χ2v) is 10.5. The lowest BCUT2D eigenvalue weighted by atomic mass is 9.99. The minimum atomic E-state index is -5.52. The Labute approximate surface area is 217 Å². The number of aliphatic carboxylic acids is 1. The van der Waals surface area contributed by atoms with Crippen molar-refractivity contribution in [3.63, 3.8) is 0 Å². The number of nitrogens with zero attached hydrogens (tertiary/aromatic N) is 1. The molecule has 1 rings (SSSR count). The molecule has 5 N–H and O–H groups in total. The highest BCUT2D eigenvalue weighted by atomic mass is 32.3. The van der Waals surface area contributed by atoms with Crippen LogP contribution in [0.15, 0.2) is 0 Å². The van der Waals surface area contributed by atoms with Gasteiger partial charge in [0.2, 0.25) is 11.8 Å². The lowest BCUT2D eigenvalue weighted by molar-refractivity contribution is -0.273. The van der Waals surface area contributed by atoms with E-state index in [1.165, 1.54) is 6.92 Å². The Hall–Kier alpha value is -2.06. The van der Waals surface area contributed by atoms with E-state index >= 15 is 0 Å². The van der Waals surface area contributed by atoms with Crippen LogP contribution in [0.3, 0.4) is 0 Å². The van der Waals surface area contributed by atoms with Crippen LogP contribution < -0.4 is 5.32 Å². The third kappa shape index (κ3) is 12.2. The zero-order valence-corrected chi connectivity index (χ0v) is 22.0. The number of hydrogen-bond acceptors (Lipinski definition) is 14. The minimum absolute atomic E-state index is 0.00896. The number of hydrogen-bond donors (Lipinski definition) is 5. The van der Waals surface area contributed by atoms with Gasteiger partial charge in [0.15, 0.2) is 12.4 Å². The van der Waals surface area contributed by atoms with Crippen LogP contribution in [0.4, 0.5) is 0 Å². The average molecular weight is 619 g/mol. The molecule has 0 aromatic rings. The fourth-order valence-electron chi connectivity index (χ4n) is 3.17. The van der Waals surface area contributed by atoms with Crippen molar-refractivity contribution in [3.8, 4) is 0 Å². The molecule has 23 heteroatoms.